The molecule has 3 nitrogen and oxygen atoms in total. The van der Waals surface area contributed by atoms with Crippen LogP contribution in [-0.4, -0.2) is 22.8 Å². The van der Waals surface area contributed by atoms with Crippen LogP contribution in [0.2, 0.25) is 0 Å². The number of carbonyl (C=O) groups excluding carboxylic acids is 1. The van der Waals surface area contributed by atoms with Crippen LogP contribution in [0.3, 0.4) is 0 Å². The molecule has 4 heteroatoms. The highest BCUT2D eigenvalue weighted by atomic mass is 79.9. The molecule has 0 aliphatic heterocycles. The Morgan fingerprint density at radius 2 is 2.12 bits per heavy atom. The van der Waals surface area contributed by atoms with Gasteiger partial charge in [0.25, 0.3) is 5.91 Å². The van der Waals surface area contributed by atoms with Crippen molar-refractivity contribution in [1.82, 2.24) is 10.3 Å². The predicted octanol–water partition coefficient (Wildman–Crippen LogP) is 2.75. The van der Waals surface area contributed by atoms with Gasteiger partial charge in [0.15, 0.2) is 0 Å². The Balaban J connectivity index is 2.26. The van der Waals surface area contributed by atoms with Crippen molar-refractivity contribution in [2.24, 2.45) is 0 Å². The monoisotopic (exact) mass is 292 g/mol. The first-order valence-electron chi connectivity index (χ1n) is 5.51. The van der Waals surface area contributed by atoms with E-state index < -0.39 is 0 Å². The highest BCUT2D eigenvalue weighted by molar-refractivity contribution is 9.09. The first-order chi connectivity index (χ1) is 8.33. The number of nitrogens with one attached hydrogen (secondary N) is 1. The maximum Gasteiger partial charge on any atom is 0.252 e. The molecule has 2 rings (SSSR count). The fourth-order valence-electron chi connectivity index (χ4n) is 1.66. The molecule has 0 aliphatic rings. The number of hydrogen-bond donors (Lipinski definition) is 1. The van der Waals surface area contributed by atoms with Crippen molar-refractivity contribution in [3.8, 4) is 0 Å². The molecule has 0 spiro atoms. The summed E-state index contributed by atoms with van der Waals surface area (Å²) in [6.45, 7) is 0.681. The third-order valence-corrected chi connectivity index (χ3v) is 3.05. The van der Waals surface area contributed by atoms with E-state index in [1.807, 2.05) is 24.3 Å². The Morgan fingerprint density at radius 1 is 1.29 bits per heavy atom. The lowest BCUT2D eigenvalue weighted by molar-refractivity contribution is 0.0955. The van der Waals surface area contributed by atoms with E-state index in [1.54, 1.807) is 12.3 Å². The summed E-state index contributed by atoms with van der Waals surface area (Å²) >= 11 is 3.33. The van der Waals surface area contributed by atoms with Crippen molar-refractivity contribution >= 4 is 32.7 Å². The Morgan fingerprint density at radius 3 is 2.94 bits per heavy atom. The number of fused-ring (bicyclic) bond motifs is 1. The number of nitrogens with zero attached hydrogens (tertiary/aromatic N) is 1. The molecular formula is C13H13BrN2O. The summed E-state index contributed by atoms with van der Waals surface area (Å²) in [6, 6.07) is 9.42. The Labute approximate surface area is 108 Å². The van der Waals surface area contributed by atoms with Gasteiger partial charge < -0.3 is 5.32 Å². The van der Waals surface area contributed by atoms with Gasteiger partial charge in [-0.3, -0.25) is 9.78 Å². The normalized spacial score (nSPS) is 10.4. The lowest BCUT2D eigenvalue weighted by Gasteiger charge is -2.06. The average Bonchev–Trinajstić information content (AvgIpc) is 2.38. The molecular weight excluding hydrogens is 280 g/mol. The maximum absolute atomic E-state index is 12.0. The molecule has 1 heterocycles. The van der Waals surface area contributed by atoms with Gasteiger partial charge >= 0.3 is 0 Å². The van der Waals surface area contributed by atoms with Gasteiger partial charge in [-0.05, 0) is 18.6 Å². The fourth-order valence-corrected chi connectivity index (χ4v) is 1.94. The molecule has 0 fully saturated rings. The predicted molar refractivity (Wildman–Crippen MR) is 72.5 cm³/mol. The van der Waals surface area contributed by atoms with Crippen LogP contribution in [0, 0.1) is 0 Å². The van der Waals surface area contributed by atoms with E-state index in [2.05, 4.69) is 26.2 Å². The fraction of sp³-hybridized carbons (Fsp3) is 0.231. The summed E-state index contributed by atoms with van der Waals surface area (Å²) in [5, 5.41) is 4.68. The van der Waals surface area contributed by atoms with Crippen molar-refractivity contribution in [2.75, 3.05) is 11.9 Å². The summed E-state index contributed by atoms with van der Waals surface area (Å²) in [6.07, 6.45) is 2.59. The van der Waals surface area contributed by atoms with Gasteiger partial charge in [0.2, 0.25) is 0 Å². The number of hydrogen-bond acceptors (Lipinski definition) is 2. The van der Waals surface area contributed by atoms with Crippen molar-refractivity contribution in [3.05, 3.63) is 42.1 Å². The smallest absolute Gasteiger partial charge is 0.252 e. The average molecular weight is 293 g/mol. The second-order valence-corrected chi connectivity index (χ2v) is 4.47. The van der Waals surface area contributed by atoms with Crippen LogP contribution in [0.1, 0.15) is 16.8 Å². The molecule has 1 N–H and O–H groups in total. The minimum Gasteiger partial charge on any atom is -0.352 e. The SMILES string of the molecule is O=C(NCCCBr)c1ccnc2ccccc12. The van der Waals surface area contributed by atoms with Crippen LogP contribution in [-0.2, 0) is 0 Å². The van der Waals surface area contributed by atoms with E-state index in [9.17, 15) is 4.79 Å². The maximum atomic E-state index is 12.0. The van der Waals surface area contributed by atoms with Crippen molar-refractivity contribution in [2.45, 2.75) is 6.42 Å². The van der Waals surface area contributed by atoms with E-state index in [4.69, 9.17) is 0 Å². The first kappa shape index (κ1) is 12.0. The molecule has 88 valence electrons. The molecule has 0 aliphatic carbocycles. The van der Waals surface area contributed by atoms with Crippen LogP contribution in [0.15, 0.2) is 36.5 Å². The van der Waals surface area contributed by atoms with E-state index in [-0.39, 0.29) is 5.91 Å². The Hall–Kier alpha value is -1.42. The number of halogens is 1. The van der Waals surface area contributed by atoms with Gasteiger partial charge in [-0.25, -0.2) is 0 Å². The Kier molecular flexibility index (Phi) is 4.09. The van der Waals surface area contributed by atoms with E-state index >= 15 is 0 Å². The zero-order valence-electron chi connectivity index (χ0n) is 9.32. The summed E-state index contributed by atoms with van der Waals surface area (Å²) in [5.41, 5.74) is 1.53. The number of alkyl halides is 1. The number of carbonyl (C=O) groups is 1. The highest BCUT2D eigenvalue weighted by Crippen LogP contribution is 2.15. The van der Waals surface area contributed by atoms with Gasteiger partial charge in [0.1, 0.15) is 0 Å². The largest absolute Gasteiger partial charge is 0.352 e. The lowest BCUT2D eigenvalue weighted by atomic mass is 10.1. The van der Waals surface area contributed by atoms with Crippen LogP contribution >= 0.6 is 15.9 Å². The van der Waals surface area contributed by atoms with E-state index in [0.717, 1.165) is 22.7 Å². The summed E-state index contributed by atoms with van der Waals surface area (Å²) < 4.78 is 0. The van der Waals surface area contributed by atoms with Crippen LogP contribution in [0.25, 0.3) is 10.9 Å². The highest BCUT2D eigenvalue weighted by Gasteiger charge is 2.08. The summed E-state index contributed by atoms with van der Waals surface area (Å²) in [5.74, 6) is -0.0375. The number of pyridine rings is 1. The van der Waals surface area contributed by atoms with Gasteiger partial charge in [-0.1, -0.05) is 34.1 Å². The number of rotatable bonds is 4. The molecule has 0 saturated heterocycles. The van der Waals surface area contributed by atoms with Crippen LogP contribution in [0.4, 0.5) is 0 Å². The molecule has 0 radical (unpaired) electrons. The zero-order chi connectivity index (χ0) is 12.1. The quantitative estimate of drug-likeness (QED) is 0.695. The summed E-state index contributed by atoms with van der Waals surface area (Å²) in [7, 11) is 0. The standard InChI is InChI=1S/C13H13BrN2O/c14-7-3-8-16-13(17)11-6-9-15-12-5-2-1-4-10(11)12/h1-2,4-6,9H,3,7-8H2,(H,16,17). The first-order valence-corrected chi connectivity index (χ1v) is 6.63. The van der Waals surface area contributed by atoms with Crippen molar-refractivity contribution < 1.29 is 4.79 Å². The minimum absolute atomic E-state index is 0.0375. The van der Waals surface area contributed by atoms with Crippen LogP contribution < -0.4 is 5.32 Å². The van der Waals surface area contributed by atoms with Gasteiger partial charge in [0, 0.05) is 23.5 Å². The molecule has 0 bridgehead atoms. The zero-order valence-corrected chi connectivity index (χ0v) is 10.9. The van der Waals surface area contributed by atoms with Crippen LogP contribution in [0.5, 0.6) is 0 Å². The number of para-hydroxylation sites is 1. The second kappa shape index (κ2) is 5.77. The molecule has 0 atom stereocenters. The van der Waals surface area contributed by atoms with Gasteiger partial charge in [0.05, 0.1) is 11.1 Å². The minimum atomic E-state index is -0.0375. The van der Waals surface area contributed by atoms with E-state index in [0.29, 0.717) is 12.1 Å². The third-order valence-electron chi connectivity index (χ3n) is 2.49. The number of benzene rings is 1. The van der Waals surface area contributed by atoms with Crippen molar-refractivity contribution in [3.63, 3.8) is 0 Å². The number of amides is 1. The molecule has 1 aromatic heterocycles. The summed E-state index contributed by atoms with van der Waals surface area (Å²) in [4.78, 5) is 16.2. The molecule has 17 heavy (non-hydrogen) atoms. The third kappa shape index (κ3) is 2.82. The Bertz CT molecular complexity index is 522. The van der Waals surface area contributed by atoms with Gasteiger partial charge in [-0.15, -0.1) is 0 Å². The topological polar surface area (TPSA) is 42.0 Å². The molecule has 2 aromatic rings. The molecule has 1 aromatic carbocycles. The number of aromatic nitrogens is 1. The van der Waals surface area contributed by atoms with Crippen molar-refractivity contribution in [1.29, 1.82) is 0 Å². The molecule has 0 saturated carbocycles. The van der Waals surface area contributed by atoms with E-state index in [1.165, 1.54) is 0 Å². The van der Waals surface area contributed by atoms with Gasteiger partial charge in [-0.2, -0.15) is 0 Å². The lowest BCUT2D eigenvalue weighted by Crippen LogP contribution is -2.24. The second-order valence-electron chi connectivity index (χ2n) is 3.67. The molecule has 1 amide bonds. The molecule has 0 unspecified atom stereocenters.